The largest absolute Gasteiger partial charge is 0.493 e. The van der Waals surface area contributed by atoms with Gasteiger partial charge < -0.3 is 19.1 Å². The van der Waals surface area contributed by atoms with Gasteiger partial charge in [0.15, 0.2) is 5.82 Å². The second-order valence-corrected chi connectivity index (χ2v) is 10.0. The first-order valence-corrected chi connectivity index (χ1v) is 12.1. The summed E-state index contributed by atoms with van der Waals surface area (Å²) in [6.07, 6.45) is 3.95. The predicted octanol–water partition coefficient (Wildman–Crippen LogP) is 4.42. The number of piperidine rings is 1. The SMILES string of the molecule is CC(C)c1noc(N2CCC([C@H]3C[C@@H]3CCOc3cc(F)c(CC(=O)N(C)C)c(F)c3)CC2)n1. The second-order valence-electron chi connectivity index (χ2n) is 10.0. The summed E-state index contributed by atoms with van der Waals surface area (Å²) in [5.41, 5.74) is -0.222. The molecule has 2 fully saturated rings. The van der Waals surface area contributed by atoms with Crippen molar-refractivity contribution in [1.29, 1.82) is 0 Å². The van der Waals surface area contributed by atoms with Crippen molar-refractivity contribution in [2.45, 2.75) is 51.9 Å². The molecule has 2 aliphatic rings. The number of benzene rings is 1. The van der Waals surface area contributed by atoms with Gasteiger partial charge in [0.25, 0.3) is 0 Å². The molecule has 0 spiro atoms. The Morgan fingerprint density at radius 3 is 2.50 bits per heavy atom. The maximum absolute atomic E-state index is 14.3. The van der Waals surface area contributed by atoms with Crippen LogP contribution in [0.3, 0.4) is 0 Å². The molecule has 2 atom stereocenters. The topological polar surface area (TPSA) is 71.7 Å². The molecule has 0 bridgehead atoms. The van der Waals surface area contributed by atoms with E-state index in [0.717, 1.165) is 38.2 Å². The van der Waals surface area contributed by atoms with Crippen LogP contribution < -0.4 is 9.64 Å². The van der Waals surface area contributed by atoms with Crippen LogP contribution in [0, 0.1) is 29.4 Å². The summed E-state index contributed by atoms with van der Waals surface area (Å²) in [5, 5.41) is 4.06. The molecule has 1 saturated heterocycles. The Morgan fingerprint density at radius 1 is 1.24 bits per heavy atom. The molecule has 2 heterocycles. The van der Waals surface area contributed by atoms with Crippen LogP contribution in [0.1, 0.15) is 56.8 Å². The summed E-state index contributed by atoms with van der Waals surface area (Å²) in [6, 6.07) is 2.97. The maximum atomic E-state index is 14.3. The van der Waals surface area contributed by atoms with Crippen molar-refractivity contribution in [2.75, 3.05) is 38.7 Å². The molecular weight excluding hydrogens is 442 g/mol. The normalized spacial score (nSPS) is 20.6. The van der Waals surface area contributed by atoms with Gasteiger partial charge in [-0.05, 0) is 43.4 Å². The maximum Gasteiger partial charge on any atom is 0.324 e. The molecule has 7 nitrogen and oxygen atoms in total. The first-order valence-electron chi connectivity index (χ1n) is 12.1. The average molecular weight is 477 g/mol. The molecule has 1 amide bonds. The zero-order valence-electron chi connectivity index (χ0n) is 20.4. The van der Waals surface area contributed by atoms with Crippen molar-refractivity contribution in [3.63, 3.8) is 0 Å². The highest BCUT2D eigenvalue weighted by Crippen LogP contribution is 2.50. The van der Waals surface area contributed by atoms with Gasteiger partial charge in [-0.25, -0.2) is 8.78 Å². The van der Waals surface area contributed by atoms with Crippen molar-refractivity contribution >= 4 is 11.9 Å². The van der Waals surface area contributed by atoms with Crippen LogP contribution in [0.2, 0.25) is 0 Å². The summed E-state index contributed by atoms with van der Waals surface area (Å²) in [7, 11) is 3.11. The molecule has 1 aliphatic heterocycles. The zero-order chi connectivity index (χ0) is 24.4. The van der Waals surface area contributed by atoms with Crippen LogP contribution in [0.15, 0.2) is 16.7 Å². The van der Waals surface area contributed by atoms with Gasteiger partial charge in [0.1, 0.15) is 17.4 Å². The first-order chi connectivity index (χ1) is 16.2. The van der Waals surface area contributed by atoms with E-state index in [1.54, 1.807) is 14.1 Å². The monoisotopic (exact) mass is 476 g/mol. The minimum atomic E-state index is -0.747. The molecule has 1 aromatic carbocycles. The fourth-order valence-corrected chi connectivity index (χ4v) is 4.76. The fraction of sp³-hybridized carbons (Fsp3) is 0.640. The van der Waals surface area contributed by atoms with E-state index in [-0.39, 0.29) is 29.6 Å². The van der Waals surface area contributed by atoms with E-state index in [2.05, 4.69) is 28.9 Å². The number of anilines is 1. The number of halogens is 2. The highest BCUT2D eigenvalue weighted by Gasteiger charge is 2.43. The Morgan fingerprint density at radius 2 is 1.91 bits per heavy atom. The van der Waals surface area contributed by atoms with Gasteiger partial charge >= 0.3 is 6.01 Å². The molecule has 1 saturated carbocycles. The van der Waals surface area contributed by atoms with Gasteiger partial charge in [-0.2, -0.15) is 4.98 Å². The molecule has 1 aromatic heterocycles. The number of amides is 1. The third kappa shape index (κ3) is 5.67. The van der Waals surface area contributed by atoms with E-state index in [1.165, 1.54) is 23.5 Å². The molecule has 4 rings (SSSR count). The lowest BCUT2D eigenvalue weighted by Gasteiger charge is -2.30. The smallest absolute Gasteiger partial charge is 0.324 e. The number of carbonyl (C=O) groups is 1. The van der Waals surface area contributed by atoms with Gasteiger partial charge in [0.2, 0.25) is 5.91 Å². The van der Waals surface area contributed by atoms with Crippen LogP contribution in [-0.2, 0) is 11.2 Å². The lowest BCUT2D eigenvalue weighted by atomic mass is 9.90. The molecular formula is C25H34F2N4O3. The summed E-state index contributed by atoms with van der Waals surface area (Å²) in [6.45, 7) is 6.37. The Balaban J connectivity index is 1.20. The van der Waals surface area contributed by atoms with Crippen LogP contribution in [0.5, 0.6) is 5.75 Å². The van der Waals surface area contributed by atoms with Crippen molar-refractivity contribution in [3.8, 4) is 5.75 Å². The van der Waals surface area contributed by atoms with Gasteiger partial charge in [-0.3, -0.25) is 4.79 Å². The summed E-state index contributed by atoms with van der Waals surface area (Å²) in [5.74, 6) is 1.28. The highest BCUT2D eigenvalue weighted by molar-refractivity contribution is 5.78. The lowest BCUT2D eigenvalue weighted by Crippen LogP contribution is -2.34. The van der Waals surface area contributed by atoms with Crippen molar-refractivity contribution < 1.29 is 22.8 Å². The average Bonchev–Trinajstić information content (AvgIpc) is 3.38. The molecule has 2 aromatic rings. The quantitative estimate of drug-likeness (QED) is 0.534. The van der Waals surface area contributed by atoms with E-state index in [9.17, 15) is 13.6 Å². The highest BCUT2D eigenvalue weighted by atomic mass is 19.1. The lowest BCUT2D eigenvalue weighted by molar-refractivity contribution is -0.128. The molecule has 0 radical (unpaired) electrons. The Bertz CT molecular complexity index is 979. The third-order valence-electron chi connectivity index (χ3n) is 7.04. The van der Waals surface area contributed by atoms with Gasteiger partial charge in [0.05, 0.1) is 13.0 Å². The van der Waals surface area contributed by atoms with E-state index in [4.69, 9.17) is 9.26 Å². The van der Waals surface area contributed by atoms with Crippen molar-refractivity contribution in [1.82, 2.24) is 15.0 Å². The first kappa shape index (κ1) is 24.4. The Kier molecular flexibility index (Phi) is 7.38. The standard InChI is InChI=1S/C25H34F2N4O3/c1-15(2)24-28-25(34-29-24)31-8-5-16(6-9-31)19-11-17(19)7-10-33-18-12-21(26)20(22(27)13-18)14-23(32)30(3)4/h12-13,15-17,19H,5-11,14H2,1-4H3/t17-,19+/m0/s1. The summed E-state index contributed by atoms with van der Waals surface area (Å²) >= 11 is 0. The van der Waals surface area contributed by atoms with Crippen LogP contribution in [-0.4, -0.2) is 54.7 Å². The molecule has 34 heavy (non-hydrogen) atoms. The van der Waals surface area contributed by atoms with Gasteiger partial charge in [0, 0.05) is 50.8 Å². The molecule has 0 unspecified atom stereocenters. The number of rotatable bonds is 9. The fourth-order valence-electron chi connectivity index (χ4n) is 4.76. The molecule has 1 aliphatic carbocycles. The van der Waals surface area contributed by atoms with Gasteiger partial charge in [-0.15, -0.1) is 0 Å². The predicted molar refractivity (Wildman–Crippen MR) is 124 cm³/mol. The van der Waals surface area contributed by atoms with Crippen LogP contribution >= 0.6 is 0 Å². The third-order valence-corrected chi connectivity index (χ3v) is 7.04. The summed E-state index contributed by atoms with van der Waals surface area (Å²) in [4.78, 5) is 19.8. The number of hydrogen-bond donors (Lipinski definition) is 0. The van der Waals surface area contributed by atoms with E-state index in [1.807, 2.05) is 0 Å². The molecule has 9 heteroatoms. The van der Waals surface area contributed by atoms with Crippen molar-refractivity contribution in [3.05, 3.63) is 35.2 Å². The van der Waals surface area contributed by atoms with Crippen molar-refractivity contribution in [2.24, 2.45) is 17.8 Å². The van der Waals surface area contributed by atoms with Gasteiger partial charge in [-0.1, -0.05) is 19.0 Å². The Labute approximate surface area is 199 Å². The number of aromatic nitrogens is 2. The van der Waals surface area contributed by atoms with Crippen LogP contribution in [0.4, 0.5) is 14.8 Å². The minimum Gasteiger partial charge on any atom is -0.493 e. The van der Waals surface area contributed by atoms with E-state index >= 15 is 0 Å². The second kappa shape index (κ2) is 10.3. The van der Waals surface area contributed by atoms with E-state index in [0.29, 0.717) is 30.4 Å². The Hall–Kier alpha value is -2.71. The zero-order valence-corrected chi connectivity index (χ0v) is 20.4. The van der Waals surface area contributed by atoms with Crippen LogP contribution in [0.25, 0.3) is 0 Å². The number of carbonyl (C=O) groups excluding carboxylic acids is 1. The number of likely N-dealkylation sites (N-methyl/N-ethyl adjacent to an activating group) is 1. The summed E-state index contributed by atoms with van der Waals surface area (Å²) < 4.78 is 39.7. The molecule has 186 valence electrons. The number of nitrogens with zero attached hydrogens (tertiary/aromatic N) is 4. The van der Waals surface area contributed by atoms with E-state index < -0.39 is 11.6 Å². The minimum absolute atomic E-state index is 0.168. The number of ether oxygens (including phenoxy) is 1. The molecule has 0 N–H and O–H groups in total. The number of hydrogen-bond acceptors (Lipinski definition) is 6.